The molecule has 0 aromatic carbocycles. The second kappa shape index (κ2) is 7.10. The molecule has 5 heteroatoms. The maximum Gasteiger partial charge on any atom is 0.315 e. The van der Waals surface area contributed by atoms with Crippen molar-refractivity contribution in [3.05, 3.63) is 0 Å². The van der Waals surface area contributed by atoms with Gasteiger partial charge in [-0.3, -0.25) is 0 Å². The molecule has 0 saturated heterocycles. The van der Waals surface area contributed by atoms with Gasteiger partial charge in [-0.05, 0) is 32.6 Å². The topological polar surface area (TPSA) is 70.6 Å². The van der Waals surface area contributed by atoms with E-state index < -0.39 is 0 Å². The number of nitrogens with one attached hydrogen (secondary N) is 2. The number of hydrogen-bond donors (Lipinski definition) is 3. The van der Waals surface area contributed by atoms with Gasteiger partial charge in [0.25, 0.3) is 0 Å². The van der Waals surface area contributed by atoms with Crippen molar-refractivity contribution in [2.24, 2.45) is 5.41 Å². The number of amides is 2. The second-order valence-corrected chi connectivity index (χ2v) is 5.49. The van der Waals surface area contributed by atoms with Crippen LogP contribution in [0.1, 0.15) is 46.5 Å². The van der Waals surface area contributed by atoms with E-state index in [0.29, 0.717) is 13.0 Å². The Morgan fingerprint density at radius 2 is 2.11 bits per heavy atom. The molecule has 0 bridgehead atoms. The molecule has 1 aliphatic rings. The molecule has 0 aromatic heterocycles. The third-order valence-corrected chi connectivity index (χ3v) is 4.54. The van der Waals surface area contributed by atoms with Gasteiger partial charge in [0.2, 0.25) is 0 Å². The first kappa shape index (κ1) is 16.2. The highest BCUT2D eigenvalue weighted by Crippen LogP contribution is 2.48. The van der Waals surface area contributed by atoms with Gasteiger partial charge in [-0.1, -0.05) is 13.8 Å². The SMILES string of the molecule is CCC1(CC)C(NC(=O)NCCC(C)O)CC1OC. The van der Waals surface area contributed by atoms with Gasteiger partial charge in [-0.2, -0.15) is 0 Å². The van der Waals surface area contributed by atoms with E-state index in [1.807, 2.05) is 0 Å². The number of aliphatic hydroxyl groups is 1. The van der Waals surface area contributed by atoms with E-state index in [1.54, 1.807) is 14.0 Å². The molecule has 1 fully saturated rings. The van der Waals surface area contributed by atoms with Crippen LogP contribution in [0.25, 0.3) is 0 Å². The lowest BCUT2D eigenvalue weighted by Crippen LogP contribution is -2.65. The van der Waals surface area contributed by atoms with Crippen molar-refractivity contribution < 1.29 is 14.6 Å². The molecular formula is C14H28N2O3. The van der Waals surface area contributed by atoms with Crippen molar-refractivity contribution in [1.29, 1.82) is 0 Å². The maximum absolute atomic E-state index is 11.8. The minimum Gasteiger partial charge on any atom is -0.393 e. The normalized spacial score (nSPS) is 26.4. The van der Waals surface area contributed by atoms with E-state index in [-0.39, 0.29) is 29.7 Å². The lowest BCUT2D eigenvalue weighted by Gasteiger charge is -2.54. The molecule has 3 unspecified atom stereocenters. The Kier molecular flexibility index (Phi) is 6.07. The van der Waals surface area contributed by atoms with E-state index in [1.165, 1.54) is 0 Å². The molecule has 112 valence electrons. The molecule has 0 spiro atoms. The predicted molar refractivity (Wildman–Crippen MR) is 75.0 cm³/mol. The Balaban J connectivity index is 2.42. The smallest absolute Gasteiger partial charge is 0.315 e. The molecule has 1 saturated carbocycles. The minimum absolute atomic E-state index is 0.0658. The van der Waals surface area contributed by atoms with E-state index in [9.17, 15) is 4.79 Å². The van der Waals surface area contributed by atoms with Crippen molar-refractivity contribution in [2.45, 2.75) is 64.7 Å². The number of rotatable bonds is 7. The molecule has 1 rings (SSSR count). The molecule has 0 radical (unpaired) electrons. The van der Waals surface area contributed by atoms with Crippen molar-refractivity contribution in [3.8, 4) is 0 Å². The summed E-state index contributed by atoms with van der Waals surface area (Å²) in [5, 5.41) is 15.0. The summed E-state index contributed by atoms with van der Waals surface area (Å²) < 4.78 is 5.50. The minimum atomic E-state index is -0.382. The van der Waals surface area contributed by atoms with E-state index in [2.05, 4.69) is 24.5 Å². The molecule has 0 aliphatic heterocycles. The third kappa shape index (κ3) is 3.60. The molecule has 5 nitrogen and oxygen atoms in total. The van der Waals surface area contributed by atoms with Crippen molar-refractivity contribution in [2.75, 3.05) is 13.7 Å². The fourth-order valence-electron chi connectivity index (χ4n) is 3.08. The van der Waals surface area contributed by atoms with Crippen LogP contribution in [0.15, 0.2) is 0 Å². The summed E-state index contributed by atoms with van der Waals surface area (Å²) in [6, 6.07) is 0.0329. The van der Waals surface area contributed by atoms with Crippen LogP contribution in [0.2, 0.25) is 0 Å². The summed E-state index contributed by atoms with van der Waals surface area (Å²) in [5.41, 5.74) is 0.0658. The number of urea groups is 1. The zero-order valence-corrected chi connectivity index (χ0v) is 12.5. The van der Waals surface area contributed by atoms with Crippen LogP contribution in [0.4, 0.5) is 4.79 Å². The van der Waals surface area contributed by atoms with Gasteiger partial charge in [0.15, 0.2) is 0 Å². The van der Waals surface area contributed by atoms with Crippen LogP contribution in [0, 0.1) is 5.41 Å². The molecule has 0 aromatic rings. The van der Waals surface area contributed by atoms with Crippen LogP contribution in [0.5, 0.6) is 0 Å². The van der Waals surface area contributed by atoms with Crippen molar-refractivity contribution in [3.63, 3.8) is 0 Å². The Morgan fingerprint density at radius 3 is 2.58 bits per heavy atom. The number of carbonyl (C=O) groups is 1. The first-order valence-corrected chi connectivity index (χ1v) is 7.25. The third-order valence-electron chi connectivity index (χ3n) is 4.54. The Morgan fingerprint density at radius 1 is 1.47 bits per heavy atom. The summed E-state index contributed by atoms with van der Waals surface area (Å²) in [6.07, 6.45) is 3.31. The standard InChI is InChI=1S/C14H28N2O3/c1-5-14(6-2)11(9-12(14)19-4)16-13(18)15-8-7-10(3)17/h10-12,17H,5-9H2,1-4H3,(H2,15,16,18). The molecule has 2 amide bonds. The van der Waals surface area contributed by atoms with E-state index >= 15 is 0 Å². The van der Waals surface area contributed by atoms with Gasteiger partial charge in [-0.15, -0.1) is 0 Å². The lowest BCUT2D eigenvalue weighted by atomic mass is 9.58. The highest BCUT2D eigenvalue weighted by Gasteiger charge is 2.53. The summed E-state index contributed by atoms with van der Waals surface area (Å²) >= 11 is 0. The predicted octanol–water partition coefficient (Wildman–Crippen LogP) is 1.65. The second-order valence-electron chi connectivity index (χ2n) is 5.49. The Hall–Kier alpha value is -0.810. The summed E-state index contributed by atoms with van der Waals surface area (Å²) in [7, 11) is 1.74. The Labute approximate surface area is 116 Å². The van der Waals surface area contributed by atoms with Gasteiger partial charge < -0.3 is 20.5 Å². The van der Waals surface area contributed by atoms with E-state index in [0.717, 1.165) is 19.3 Å². The quantitative estimate of drug-likeness (QED) is 0.660. The van der Waals surface area contributed by atoms with Crippen LogP contribution in [-0.4, -0.2) is 43.0 Å². The number of ether oxygens (including phenoxy) is 1. The summed E-state index contributed by atoms with van der Waals surface area (Å²) in [5.74, 6) is 0. The number of methoxy groups -OCH3 is 1. The molecule has 1 aliphatic carbocycles. The van der Waals surface area contributed by atoms with E-state index in [4.69, 9.17) is 9.84 Å². The molecule has 19 heavy (non-hydrogen) atoms. The highest BCUT2D eigenvalue weighted by molar-refractivity contribution is 5.74. The first-order valence-electron chi connectivity index (χ1n) is 7.25. The average Bonchev–Trinajstić information content (AvgIpc) is 2.35. The zero-order chi connectivity index (χ0) is 14.5. The number of carbonyl (C=O) groups excluding carboxylic acids is 1. The highest BCUT2D eigenvalue weighted by atomic mass is 16.5. The number of hydrogen-bond acceptors (Lipinski definition) is 3. The lowest BCUT2D eigenvalue weighted by molar-refractivity contribution is -0.119. The fraction of sp³-hybridized carbons (Fsp3) is 0.929. The maximum atomic E-state index is 11.8. The van der Waals surface area contributed by atoms with Crippen LogP contribution in [-0.2, 0) is 4.74 Å². The van der Waals surface area contributed by atoms with Crippen LogP contribution >= 0.6 is 0 Å². The zero-order valence-electron chi connectivity index (χ0n) is 12.5. The van der Waals surface area contributed by atoms with Gasteiger partial charge in [0, 0.05) is 25.1 Å². The molecular weight excluding hydrogens is 244 g/mol. The van der Waals surface area contributed by atoms with Gasteiger partial charge in [0.1, 0.15) is 0 Å². The molecule has 3 atom stereocenters. The Bertz CT molecular complexity index is 290. The summed E-state index contributed by atoms with van der Waals surface area (Å²) in [4.78, 5) is 11.8. The van der Waals surface area contributed by atoms with Gasteiger partial charge >= 0.3 is 6.03 Å². The molecule has 0 heterocycles. The van der Waals surface area contributed by atoms with Gasteiger partial charge in [0.05, 0.1) is 12.2 Å². The average molecular weight is 272 g/mol. The van der Waals surface area contributed by atoms with Crippen LogP contribution < -0.4 is 10.6 Å². The van der Waals surface area contributed by atoms with Crippen LogP contribution in [0.3, 0.4) is 0 Å². The summed E-state index contributed by atoms with van der Waals surface area (Å²) in [6.45, 7) is 6.51. The van der Waals surface area contributed by atoms with Gasteiger partial charge in [-0.25, -0.2) is 4.79 Å². The van der Waals surface area contributed by atoms with Crippen molar-refractivity contribution >= 4 is 6.03 Å². The van der Waals surface area contributed by atoms with Crippen molar-refractivity contribution in [1.82, 2.24) is 10.6 Å². The fourth-order valence-corrected chi connectivity index (χ4v) is 3.08. The number of aliphatic hydroxyl groups excluding tert-OH is 1. The largest absolute Gasteiger partial charge is 0.393 e. The monoisotopic (exact) mass is 272 g/mol. The first-order chi connectivity index (χ1) is 9.00. The molecule has 3 N–H and O–H groups in total.